The largest absolute Gasteiger partial charge is 0.353 e. The second-order valence-corrected chi connectivity index (χ2v) is 6.90. The Morgan fingerprint density at radius 3 is 3.10 bits per heavy atom. The molecule has 1 aromatic rings. The second kappa shape index (κ2) is 5.84. The lowest BCUT2D eigenvalue weighted by atomic mass is 9.98. The van der Waals surface area contributed by atoms with Gasteiger partial charge in [0.25, 0.3) is 0 Å². The SMILES string of the molecule is CC1c2ccsc2CCN1C(CN)CC(=O)NC1CC1. The number of fused-ring (bicyclic) bond motifs is 1. The van der Waals surface area contributed by atoms with E-state index in [1.54, 1.807) is 0 Å². The molecule has 3 rings (SSSR count). The minimum Gasteiger partial charge on any atom is -0.353 e. The molecule has 2 aliphatic rings. The van der Waals surface area contributed by atoms with E-state index < -0.39 is 0 Å². The molecule has 0 saturated heterocycles. The number of hydrogen-bond acceptors (Lipinski definition) is 4. The molecule has 1 saturated carbocycles. The van der Waals surface area contributed by atoms with Gasteiger partial charge in [-0.2, -0.15) is 0 Å². The first-order valence-corrected chi connectivity index (χ1v) is 8.38. The van der Waals surface area contributed by atoms with Gasteiger partial charge in [-0.15, -0.1) is 11.3 Å². The summed E-state index contributed by atoms with van der Waals surface area (Å²) in [6.45, 7) is 3.78. The van der Waals surface area contributed by atoms with E-state index in [2.05, 4.69) is 28.6 Å². The molecule has 4 nitrogen and oxygen atoms in total. The minimum absolute atomic E-state index is 0.150. The monoisotopic (exact) mass is 293 g/mol. The Morgan fingerprint density at radius 1 is 1.60 bits per heavy atom. The molecule has 3 N–H and O–H groups in total. The van der Waals surface area contributed by atoms with Crippen LogP contribution in [0.25, 0.3) is 0 Å². The molecule has 2 heterocycles. The topological polar surface area (TPSA) is 58.4 Å². The zero-order chi connectivity index (χ0) is 14.1. The molecule has 0 spiro atoms. The molecule has 1 aliphatic heterocycles. The fraction of sp³-hybridized carbons (Fsp3) is 0.667. The van der Waals surface area contributed by atoms with Crippen molar-refractivity contribution < 1.29 is 4.79 Å². The summed E-state index contributed by atoms with van der Waals surface area (Å²) in [4.78, 5) is 15.9. The lowest BCUT2D eigenvalue weighted by Gasteiger charge is -2.39. The van der Waals surface area contributed by atoms with Gasteiger partial charge in [0.05, 0.1) is 0 Å². The Hall–Kier alpha value is -0.910. The van der Waals surface area contributed by atoms with Crippen molar-refractivity contribution in [3.05, 3.63) is 21.9 Å². The molecular formula is C15H23N3OS. The van der Waals surface area contributed by atoms with Crippen LogP contribution in [0.5, 0.6) is 0 Å². The smallest absolute Gasteiger partial charge is 0.221 e. The van der Waals surface area contributed by atoms with Gasteiger partial charge >= 0.3 is 0 Å². The number of thiophene rings is 1. The van der Waals surface area contributed by atoms with Crippen molar-refractivity contribution in [3.8, 4) is 0 Å². The zero-order valence-electron chi connectivity index (χ0n) is 12.0. The molecule has 0 aromatic carbocycles. The van der Waals surface area contributed by atoms with Crippen molar-refractivity contribution in [2.75, 3.05) is 13.1 Å². The highest BCUT2D eigenvalue weighted by molar-refractivity contribution is 7.10. The first kappa shape index (κ1) is 14.0. The van der Waals surface area contributed by atoms with E-state index >= 15 is 0 Å². The van der Waals surface area contributed by atoms with Gasteiger partial charge in [0.15, 0.2) is 0 Å². The highest BCUT2D eigenvalue weighted by Gasteiger charge is 2.31. The molecule has 110 valence electrons. The maximum Gasteiger partial charge on any atom is 0.221 e. The van der Waals surface area contributed by atoms with Crippen LogP contribution in [0.2, 0.25) is 0 Å². The Morgan fingerprint density at radius 2 is 2.40 bits per heavy atom. The van der Waals surface area contributed by atoms with Crippen molar-refractivity contribution >= 4 is 17.2 Å². The molecule has 2 atom stereocenters. The van der Waals surface area contributed by atoms with Gasteiger partial charge < -0.3 is 11.1 Å². The van der Waals surface area contributed by atoms with Crippen molar-refractivity contribution in [1.29, 1.82) is 0 Å². The van der Waals surface area contributed by atoms with Crippen LogP contribution < -0.4 is 11.1 Å². The summed E-state index contributed by atoms with van der Waals surface area (Å²) in [6, 6.07) is 3.17. The molecule has 2 unspecified atom stereocenters. The molecule has 1 aromatic heterocycles. The third kappa shape index (κ3) is 2.90. The molecule has 1 aliphatic carbocycles. The van der Waals surface area contributed by atoms with E-state index in [4.69, 9.17) is 5.73 Å². The van der Waals surface area contributed by atoms with Crippen LogP contribution in [0.4, 0.5) is 0 Å². The molecule has 5 heteroatoms. The van der Waals surface area contributed by atoms with Crippen molar-refractivity contribution in [2.45, 2.75) is 50.7 Å². The number of nitrogens with zero attached hydrogens (tertiary/aromatic N) is 1. The van der Waals surface area contributed by atoms with E-state index in [9.17, 15) is 4.79 Å². The fourth-order valence-electron chi connectivity index (χ4n) is 3.09. The van der Waals surface area contributed by atoms with Crippen LogP contribution in [-0.4, -0.2) is 36.0 Å². The van der Waals surface area contributed by atoms with Crippen LogP contribution >= 0.6 is 11.3 Å². The Balaban J connectivity index is 1.65. The predicted molar refractivity (Wildman–Crippen MR) is 81.8 cm³/mol. The summed E-state index contributed by atoms with van der Waals surface area (Å²) >= 11 is 1.84. The summed E-state index contributed by atoms with van der Waals surface area (Å²) in [5.41, 5.74) is 7.36. The van der Waals surface area contributed by atoms with Crippen LogP contribution in [0.3, 0.4) is 0 Å². The Labute approximate surface area is 124 Å². The zero-order valence-corrected chi connectivity index (χ0v) is 12.8. The number of rotatable bonds is 5. The number of carbonyl (C=O) groups is 1. The fourth-order valence-corrected chi connectivity index (χ4v) is 4.05. The molecule has 1 amide bonds. The average molecular weight is 293 g/mol. The molecule has 1 fully saturated rings. The first-order chi connectivity index (χ1) is 9.69. The minimum atomic E-state index is 0.150. The number of nitrogens with one attached hydrogen (secondary N) is 1. The third-order valence-corrected chi connectivity index (χ3v) is 5.43. The van der Waals surface area contributed by atoms with E-state index in [0.29, 0.717) is 25.0 Å². The van der Waals surface area contributed by atoms with Gasteiger partial charge in [-0.3, -0.25) is 9.69 Å². The average Bonchev–Trinajstić information content (AvgIpc) is 3.10. The highest BCUT2D eigenvalue weighted by Crippen LogP contribution is 2.34. The molecular weight excluding hydrogens is 270 g/mol. The Kier molecular flexibility index (Phi) is 4.10. The lowest BCUT2D eigenvalue weighted by molar-refractivity contribution is -0.122. The molecule has 0 radical (unpaired) electrons. The van der Waals surface area contributed by atoms with Crippen LogP contribution in [0, 0.1) is 0 Å². The number of carbonyl (C=O) groups excluding carboxylic acids is 1. The van der Waals surface area contributed by atoms with E-state index in [1.807, 2.05) is 11.3 Å². The van der Waals surface area contributed by atoms with Crippen LogP contribution in [-0.2, 0) is 11.2 Å². The van der Waals surface area contributed by atoms with Gasteiger partial charge in [0.2, 0.25) is 5.91 Å². The van der Waals surface area contributed by atoms with E-state index in [1.165, 1.54) is 10.4 Å². The number of hydrogen-bond donors (Lipinski definition) is 2. The summed E-state index contributed by atoms with van der Waals surface area (Å²) in [6.07, 6.45) is 3.88. The van der Waals surface area contributed by atoms with Gasteiger partial charge in [-0.1, -0.05) is 0 Å². The van der Waals surface area contributed by atoms with Gasteiger partial charge in [-0.05, 0) is 43.2 Å². The third-order valence-electron chi connectivity index (χ3n) is 4.43. The van der Waals surface area contributed by atoms with Gasteiger partial charge in [-0.25, -0.2) is 0 Å². The van der Waals surface area contributed by atoms with Gasteiger partial charge in [0, 0.05) is 42.5 Å². The predicted octanol–water partition coefficient (Wildman–Crippen LogP) is 1.66. The second-order valence-electron chi connectivity index (χ2n) is 5.90. The Bertz CT molecular complexity index is 483. The van der Waals surface area contributed by atoms with Crippen molar-refractivity contribution in [1.82, 2.24) is 10.2 Å². The summed E-state index contributed by atoms with van der Waals surface area (Å²) in [7, 11) is 0. The van der Waals surface area contributed by atoms with Crippen molar-refractivity contribution in [3.63, 3.8) is 0 Å². The van der Waals surface area contributed by atoms with E-state index in [0.717, 1.165) is 25.8 Å². The highest BCUT2D eigenvalue weighted by atomic mass is 32.1. The normalized spacial score (nSPS) is 24.2. The van der Waals surface area contributed by atoms with Crippen molar-refractivity contribution in [2.24, 2.45) is 5.73 Å². The summed E-state index contributed by atoms with van der Waals surface area (Å²) in [5, 5.41) is 5.24. The van der Waals surface area contributed by atoms with Crippen LogP contribution in [0.1, 0.15) is 42.7 Å². The molecule has 0 bridgehead atoms. The molecule has 20 heavy (non-hydrogen) atoms. The van der Waals surface area contributed by atoms with E-state index in [-0.39, 0.29) is 11.9 Å². The van der Waals surface area contributed by atoms with Crippen LogP contribution in [0.15, 0.2) is 11.4 Å². The van der Waals surface area contributed by atoms with Gasteiger partial charge in [0.1, 0.15) is 0 Å². The first-order valence-electron chi connectivity index (χ1n) is 7.50. The standard InChI is InChI=1S/C15H23N3OS/c1-10-13-5-7-20-14(13)4-6-18(10)12(9-16)8-15(19)17-11-2-3-11/h5,7,10-12H,2-4,6,8-9,16H2,1H3,(H,17,19). The number of nitrogens with two attached hydrogens (primary N) is 1. The quantitative estimate of drug-likeness (QED) is 0.868. The number of amides is 1. The summed E-state index contributed by atoms with van der Waals surface area (Å²) in [5.74, 6) is 0.159. The lowest BCUT2D eigenvalue weighted by Crippen LogP contribution is -2.47. The maximum absolute atomic E-state index is 12.0. The maximum atomic E-state index is 12.0. The summed E-state index contributed by atoms with van der Waals surface area (Å²) < 4.78 is 0.